The average Bonchev–Trinajstić information content (AvgIpc) is 2.35. The van der Waals surface area contributed by atoms with E-state index in [2.05, 4.69) is 24.7 Å². The third-order valence-corrected chi connectivity index (χ3v) is 4.49. The highest BCUT2D eigenvalue weighted by atomic mass is 32.2. The second kappa shape index (κ2) is 7.85. The summed E-state index contributed by atoms with van der Waals surface area (Å²) in [4.78, 5) is 10.9. The lowest BCUT2D eigenvalue weighted by atomic mass is 9.80. The van der Waals surface area contributed by atoms with Gasteiger partial charge in [0.1, 0.15) is 0 Å². The number of hydrogen-bond donors (Lipinski definition) is 1. The second-order valence-electron chi connectivity index (χ2n) is 5.15. The van der Waals surface area contributed by atoms with Gasteiger partial charge in [-0.25, -0.2) is 0 Å². The van der Waals surface area contributed by atoms with Crippen LogP contribution in [0.3, 0.4) is 0 Å². The molecule has 0 saturated heterocycles. The Hall–Kier alpha value is -0.480. The van der Waals surface area contributed by atoms with Crippen LogP contribution in [0, 0.1) is 11.8 Å². The molecule has 104 valence electrons. The highest BCUT2D eigenvalue weighted by molar-refractivity contribution is 7.99. The molecule has 0 aromatic heterocycles. The standard InChI is InChI=1S/C14H24O3S/c1-10(2)12-5-4-11(13(15)8-12)6-7-18-9-14(16)17-3/h4,10,12-13,15H,5-9H2,1-3H3/t12-,13+/m1/s1. The minimum Gasteiger partial charge on any atom is -0.468 e. The molecule has 0 saturated carbocycles. The van der Waals surface area contributed by atoms with Crippen molar-refractivity contribution in [1.82, 2.24) is 0 Å². The van der Waals surface area contributed by atoms with Crippen LogP contribution >= 0.6 is 11.8 Å². The van der Waals surface area contributed by atoms with Gasteiger partial charge in [-0.2, -0.15) is 0 Å². The van der Waals surface area contributed by atoms with Crippen molar-refractivity contribution in [2.24, 2.45) is 11.8 Å². The van der Waals surface area contributed by atoms with Crippen molar-refractivity contribution in [1.29, 1.82) is 0 Å². The predicted octanol–water partition coefficient (Wildman–Crippen LogP) is 2.64. The molecule has 4 heteroatoms. The molecule has 3 nitrogen and oxygen atoms in total. The maximum atomic E-state index is 10.9. The fourth-order valence-electron chi connectivity index (χ4n) is 2.19. The number of aliphatic hydroxyl groups excluding tert-OH is 1. The Morgan fingerprint density at radius 2 is 2.33 bits per heavy atom. The molecule has 0 aliphatic heterocycles. The molecule has 1 N–H and O–H groups in total. The Kier molecular flexibility index (Phi) is 6.79. The van der Waals surface area contributed by atoms with Crippen molar-refractivity contribution >= 4 is 17.7 Å². The second-order valence-corrected chi connectivity index (χ2v) is 6.25. The van der Waals surface area contributed by atoms with Gasteiger partial charge in [-0.15, -0.1) is 11.8 Å². The van der Waals surface area contributed by atoms with Gasteiger partial charge in [-0.1, -0.05) is 19.9 Å². The molecule has 0 aromatic rings. The number of thioether (sulfide) groups is 1. The minimum absolute atomic E-state index is 0.182. The number of hydrogen-bond acceptors (Lipinski definition) is 4. The first-order chi connectivity index (χ1) is 8.54. The van der Waals surface area contributed by atoms with Gasteiger partial charge in [0, 0.05) is 0 Å². The molecular formula is C14H24O3S. The number of aliphatic hydroxyl groups is 1. The SMILES string of the molecule is COC(=O)CSCCC1=CC[C@@H](C(C)C)C[C@@H]1O. The van der Waals surface area contributed by atoms with Gasteiger partial charge >= 0.3 is 5.97 Å². The number of esters is 1. The van der Waals surface area contributed by atoms with E-state index in [0.717, 1.165) is 30.6 Å². The van der Waals surface area contributed by atoms with Crippen molar-refractivity contribution < 1.29 is 14.6 Å². The largest absolute Gasteiger partial charge is 0.468 e. The highest BCUT2D eigenvalue weighted by Crippen LogP contribution is 2.31. The number of ether oxygens (including phenoxy) is 1. The zero-order chi connectivity index (χ0) is 13.5. The first-order valence-corrected chi connectivity index (χ1v) is 7.71. The Balaban J connectivity index is 2.28. The van der Waals surface area contributed by atoms with Gasteiger partial charge in [0.25, 0.3) is 0 Å². The predicted molar refractivity (Wildman–Crippen MR) is 75.6 cm³/mol. The molecule has 0 amide bonds. The lowest BCUT2D eigenvalue weighted by Crippen LogP contribution is -2.24. The zero-order valence-electron chi connectivity index (χ0n) is 11.5. The van der Waals surface area contributed by atoms with Crippen molar-refractivity contribution in [2.75, 3.05) is 18.6 Å². The molecule has 0 unspecified atom stereocenters. The van der Waals surface area contributed by atoms with Crippen LogP contribution in [0.1, 0.15) is 33.1 Å². The number of methoxy groups -OCH3 is 1. The maximum absolute atomic E-state index is 10.9. The van der Waals surface area contributed by atoms with Gasteiger partial charge in [-0.05, 0) is 42.4 Å². The lowest BCUT2D eigenvalue weighted by Gasteiger charge is -2.29. The smallest absolute Gasteiger partial charge is 0.315 e. The van der Waals surface area contributed by atoms with E-state index in [1.807, 2.05) is 0 Å². The summed E-state index contributed by atoms with van der Waals surface area (Å²) in [5.41, 5.74) is 1.14. The van der Waals surface area contributed by atoms with E-state index in [1.54, 1.807) is 11.8 Å². The third kappa shape index (κ3) is 5.02. The maximum Gasteiger partial charge on any atom is 0.315 e. The van der Waals surface area contributed by atoms with E-state index in [0.29, 0.717) is 17.6 Å². The highest BCUT2D eigenvalue weighted by Gasteiger charge is 2.24. The Labute approximate surface area is 114 Å². The number of rotatable bonds is 6. The van der Waals surface area contributed by atoms with E-state index in [1.165, 1.54) is 7.11 Å². The fourth-order valence-corrected chi connectivity index (χ4v) is 3.00. The number of allylic oxidation sites excluding steroid dienone is 1. The van der Waals surface area contributed by atoms with E-state index < -0.39 is 0 Å². The monoisotopic (exact) mass is 272 g/mol. The van der Waals surface area contributed by atoms with E-state index >= 15 is 0 Å². The Morgan fingerprint density at radius 3 is 2.89 bits per heavy atom. The van der Waals surface area contributed by atoms with Crippen molar-refractivity contribution in [3.05, 3.63) is 11.6 Å². The van der Waals surface area contributed by atoms with Crippen molar-refractivity contribution in [2.45, 2.75) is 39.2 Å². The van der Waals surface area contributed by atoms with Crippen LogP contribution in [0.15, 0.2) is 11.6 Å². The van der Waals surface area contributed by atoms with Crippen LogP contribution in [0.25, 0.3) is 0 Å². The first-order valence-electron chi connectivity index (χ1n) is 6.56. The number of carbonyl (C=O) groups is 1. The van der Waals surface area contributed by atoms with Crippen LogP contribution in [0.5, 0.6) is 0 Å². The van der Waals surface area contributed by atoms with E-state index in [4.69, 9.17) is 0 Å². The summed E-state index contributed by atoms with van der Waals surface area (Å²) in [6.45, 7) is 4.42. The minimum atomic E-state index is -0.287. The van der Waals surface area contributed by atoms with Crippen molar-refractivity contribution in [3.8, 4) is 0 Å². The number of carbonyl (C=O) groups excluding carboxylic acids is 1. The molecule has 2 atom stereocenters. The fraction of sp³-hybridized carbons (Fsp3) is 0.786. The summed E-state index contributed by atoms with van der Waals surface area (Å²) in [6.07, 6.45) is 4.73. The molecular weight excluding hydrogens is 248 g/mol. The molecule has 1 aliphatic carbocycles. The van der Waals surface area contributed by atoms with Gasteiger partial charge in [0.2, 0.25) is 0 Å². The van der Waals surface area contributed by atoms with Crippen LogP contribution in [0.4, 0.5) is 0 Å². The zero-order valence-corrected chi connectivity index (χ0v) is 12.3. The van der Waals surface area contributed by atoms with E-state index in [-0.39, 0.29) is 12.1 Å². The van der Waals surface area contributed by atoms with Crippen molar-refractivity contribution in [3.63, 3.8) is 0 Å². The molecule has 0 fully saturated rings. The molecule has 1 rings (SSSR count). The van der Waals surface area contributed by atoms with Crippen LogP contribution in [-0.2, 0) is 9.53 Å². The summed E-state index contributed by atoms with van der Waals surface area (Å²) in [6, 6.07) is 0. The van der Waals surface area contributed by atoms with Crippen LogP contribution < -0.4 is 0 Å². The molecule has 0 heterocycles. The summed E-state index contributed by atoms with van der Waals surface area (Å²) in [7, 11) is 1.41. The molecule has 1 aliphatic rings. The molecule has 0 radical (unpaired) electrons. The summed E-state index contributed by atoms with van der Waals surface area (Å²) < 4.78 is 4.58. The topological polar surface area (TPSA) is 46.5 Å². The molecule has 18 heavy (non-hydrogen) atoms. The van der Waals surface area contributed by atoms with E-state index in [9.17, 15) is 9.90 Å². The quantitative estimate of drug-likeness (QED) is 0.459. The Bertz CT molecular complexity index is 299. The van der Waals surface area contributed by atoms with Gasteiger partial charge in [0.15, 0.2) is 0 Å². The van der Waals surface area contributed by atoms with Gasteiger partial charge in [0.05, 0.1) is 19.0 Å². The summed E-state index contributed by atoms with van der Waals surface area (Å²) >= 11 is 1.56. The first kappa shape index (κ1) is 15.6. The molecule has 0 spiro atoms. The third-order valence-electron chi connectivity index (χ3n) is 3.56. The molecule has 0 bridgehead atoms. The van der Waals surface area contributed by atoms with Gasteiger partial charge < -0.3 is 9.84 Å². The molecule has 0 aromatic carbocycles. The summed E-state index contributed by atoms with van der Waals surface area (Å²) in [5, 5.41) is 10.1. The average molecular weight is 272 g/mol. The normalized spacial score (nSPS) is 23.9. The van der Waals surface area contributed by atoms with Gasteiger partial charge in [-0.3, -0.25) is 4.79 Å². The Morgan fingerprint density at radius 1 is 1.61 bits per heavy atom. The summed E-state index contributed by atoms with van der Waals surface area (Å²) in [5.74, 6) is 2.31. The lowest BCUT2D eigenvalue weighted by molar-refractivity contribution is -0.137. The van der Waals surface area contributed by atoms with Crippen LogP contribution in [-0.4, -0.2) is 35.8 Å². The van der Waals surface area contributed by atoms with Crippen LogP contribution in [0.2, 0.25) is 0 Å².